The molecule has 3 aromatic rings. The van der Waals surface area contributed by atoms with Gasteiger partial charge in [0, 0.05) is 11.9 Å². The average Bonchev–Trinajstić information content (AvgIpc) is 3.02. The van der Waals surface area contributed by atoms with Crippen molar-refractivity contribution in [3.63, 3.8) is 0 Å². The third kappa shape index (κ3) is 4.98. The molecule has 0 aliphatic heterocycles. The van der Waals surface area contributed by atoms with Crippen LogP contribution in [0.2, 0.25) is 5.02 Å². The van der Waals surface area contributed by atoms with Gasteiger partial charge in [0.25, 0.3) is 0 Å². The molecule has 0 spiro atoms. The highest BCUT2D eigenvalue weighted by atomic mass is 35.5. The Bertz CT molecular complexity index is 968. The van der Waals surface area contributed by atoms with Gasteiger partial charge in [-0.25, -0.2) is 4.68 Å². The number of nitrogens with zero attached hydrogens (tertiary/aromatic N) is 2. The van der Waals surface area contributed by atoms with E-state index in [0.29, 0.717) is 16.4 Å². The monoisotopic (exact) mass is 396 g/mol. The van der Waals surface area contributed by atoms with Crippen LogP contribution in [0.15, 0.2) is 60.8 Å². The second-order valence-corrected chi connectivity index (χ2v) is 6.90. The Balaban J connectivity index is 1.73. The van der Waals surface area contributed by atoms with Gasteiger partial charge >= 0.3 is 0 Å². The summed E-state index contributed by atoms with van der Waals surface area (Å²) in [6, 6.07) is 16.3. The first kappa shape index (κ1) is 19.6. The number of benzene rings is 2. The highest BCUT2D eigenvalue weighted by Crippen LogP contribution is 2.22. The predicted molar refractivity (Wildman–Crippen MR) is 110 cm³/mol. The molecule has 0 aliphatic rings. The van der Waals surface area contributed by atoms with Crippen molar-refractivity contribution in [2.24, 2.45) is 0 Å². The first-order valence-electron chi connectivity index (χ1n) is 8.86. The SMILES string of the molecule is CC(=O)NC(CC(=O)Nc1cn(-c2ccccc2)nc1C)c1ccc(Cl)cc1. The molecule has 0 saturated carbocycles. The van der Waals surface area contributed by atoms with Gasteiger partial charge in [-0.2, -0.15) is 5.10 Å². The van der Waals surface area contributed by atoms with Crippen molar-refractivity contribution >= 4 is 29.1 Å². The van der Waals surface area contributed by atoms with E-state index in [1.165, 1.54) is 6.92 Å². The van der Waals surface area contributed by atoms with Crippen LogP contribution in [0.4, 0.5) is 5.69 Å². The Morgan fingerprint density at radius 1 is 1.11 bits per heavy atom. The number of aryl methyl sites for hydroxylation is 1. The predicted octanol–water partition coefficient (Wildman–Crippen LogP) is 4.04. The molecule has 0 saturated heterocycles. The molecule has 0 fully saturated rings. The van der Waals surface area contributed by atoms with Crippen molar-refractivity contribution in [1.82, 2.24) is 15.1 Å². The van der Waals surface area contributed by atoms with Crippen LogP contribution in [0, 0.1) is 6.92 Å². The van der Waals surface area contributed by atoms with E-state index in [2.05, 4.69) is 15.7 Å². The molecule has 1 heterocycles. The number of amides is 2. The van der Waals surface area contributed by atoms with Crippen molar-refractivity contribution < 1.29 is 9.59 Å². The smallest absolute Gasteiger partial charge is 0.226 e. The third-order valence-corrected chi connectivity index (χ3v) is 4.49. The molecule has 2 N–H and O–H groups in total. The molecule has 1 atom stereocenters. The van der Waals surface area contributed by atoms with Crippen molar-refractivity contribution in [3.05, 3.63) is 77.1 Å². The van der Waals surface area contributed by atoms with Crippen LogP contribution >= 0.6 is 11.6 Å². The number of aromatic nitrogens is 2. The van der Waals surface area contributed by atoms with Gasteiger partial charge in [0.2, 0.25) is 11.8 Å². The van der Waals surface area contributed by atoms with E-state index in [-0.39, 0.29) is 18.2 Å². The molecule has 144 valence electrons. The fourth-order valence-corrected chi connectivity index (χ4v) is 3.00. The van der Waals surface area contributed by atoms with E-state index in [9.17, 15) is 9.59 Å². The maximum atomic E-state index is 12.6. The zero-order chi connectivity index (χ0) is 20.1. The minimum Gasteiger partial charge on any atom is -0.349 e. The van der Waals surface area contributed by atoms with E-state index in [0.717, 1.165) is 11.3 Å². The normalized spacial score (nSPS) is 11.7. The van der Waals surface area contributed by atoms with Crippen LogP contribution in [-0.4, -0.2) is 21.6 Å². The number of carbonyl (C=O) groups excluding carboxylic acids is 2. The zero-order valence-corrected chi connectivity index (χ0v) is 16.4. The van der Waals surface area contributed by atoms with Crippen molar-refractivity contribution in [2.45, 2.75) is 26.3 Å². The van der Waals surface area contributed by atoms with Gasteiger partial charge in [0.15, 0.2) is 0 Å². The minimum atomic E-state index is -0.445. The summed E-state index contributed by atoms with van der Waals surface area (Å²) in [6.45, 7) is 3.26. The van der Waals surface area contributed by atoms with Crippen LogP contribution < -0.4 is 10.6 Å². The second-order valence-electron chi connectivity index (χ2n) is 6.47. The van der Waals surface area contributed by atoms with Gasteiger partial charge < -0.3 is 10.6 Å². The summed E-state index contributed by atoms with van der Waals surface area (Å²) in [4.78, 5) is 24.2. The third-order valence-electron chi connectivity index (χ3n) is 4.23. The number of carbonyl (C=O) groups is 2. The highest BCUT2D eigenvalue weighted by Gasteiger charge is 2.18. The quantitative estimate of drug-likeness (QED) is 0.660. The van der Waals surface area contributed by atoms with Gasteiger partial charge in [-0.15, -0.1) is 0 Å². The lowest BCUT2D eigenvalue weighted by molar-refractivity contribution is -0.120. The molecule has 7 heteroatoms. The molecular formula is C21H21ClN4O2. The zero-order valence-electron chi connectivity index (χ0n) is 15.6. The first-order chi connectivity index (χ1) is 13.4. The number of para-hydroxylation sites is 1. The minimum absolute atomic E-state index is 0.0944. The molecule has 0 bridgehead atoms. The fraction of sp³-hybridized carbons (Fsp3) is 0.190. The summed E-state index contributed by atoms with van der Waals surface area (Å²) in [5.74, 6) is -0.426. The fourth-order valence-electron chi connectivity index (χ4n) is 2.88. The Morgan fingerprint density at radius 2 is 1.79 bits per heavy atom. The largest absolute Gasteiger partial charge is 0.349 e. The van der Waals surface area contributed by atoms with Gasteiger partial charge in [-0.05, 0) is 36.8 Å². The lowest BCUT2D eigenvalue weighted by Crippen LogP contribution is -2.29. The van der Waals surface area contributed by atoms with Crippen LogP contribution in [0.1, 0.15) is 30.6 Å². The van der Waals surface area contributed by atoms with Gasteiger partial charge in [0.1, 0.15) is 0 Å². The number of halogens is 1. The van der Waals surface area contributed by atoms with E-state index in [1.807, 2.05) is 37.3 Å². The Labute approximate surface area is 168 Å². The Morgan fingerprint density at radius 3 is 2.43 bits per heavy atom. The molecular weight excluding hydrogens is 376 g/mol. The molecule has 1 aromatic heterocycles. The maximum absolute atomic E-state index is 12.6. The molecule has 1 unspecified atom stereocenters. The number of rotatable bonds is 6. The molecule has 0 aliphatic carbocycles. The highest BCUT2D eigenvalue weighted by molar-refractivity contribution is 6.30. The molecule has 28 heavy (non-hydrogen) atoms. The summed E-state index contributed by atoms with van der Waals surface area (Å²) in [5.41, 5.74) is 3.06. The number of nitrogens with one attached hydrogen (secondary N) is 2. The second kappa shape index (κ2) is 8.71. The first-order valence-corrected chi connectivity index (χ1v) is 9.24. The lowest BCUT2D eigenvalue weighted by atomic mass is 10.0. The number of hydrogen-bond acceptors (Lipinski definition) is 3. The maximum Gasteiger partial charge on any atom is 0.226 e. The summed E-state index contributed by atoms with van der Waals surface area (Å²) in [5, 5.41) is 10.7. The van der Waals surface area contributed by atoms with E-state index in [4.69, 9.17) is 11.6 Å². The van der Waals surface area contributed by atoms with Crippen molar-refractivity contribution in [1.29, 1.82) is 0 Å². The van der Waals surface area contributed by atoms with E-state index in [1.54, 1.807) is 35.1 Å². The van der Waals surface area contributed by atoms with Gasteiger partial charge in [0.05, 0.1) is 35.7 Å². The molecule has 2 amide bonds. The molecule has 6 nitrogen and oxygen atoms in total. The summed E-state index contributed by atoms with van der Waals surface area (Å²) in [7, 11) is 0. The topological polar surface area (TPSA) is 76.0 Å². The summed E-state index contributed by atoms with van der Waals surface area (Å²) in [6.07, 6.45) is 1.87. The number of hydrogen-bond donors (Lipinski definition) is 2. The van der Waals surface area contributed by atoms with Crippen LogP contribution in [0.25, 0.3) is 5.69 Å². The van der Waals surface area contributed by atoms with E-state index >= 15 is 0 Å². The van der Waals surface area contributed by atoms with Crippen LogP contribution in [-0.2, 0) is 9.59 Å². The summed E-state index contributed by atoms with van der Waals surface area (Å²) >= 11 is 5.93. The molecule has 0 radical (unpaired) electrons. The molecule has 3 rings (SSSR count). The van der Waals surface area contributed by atoms with E-state index < -0.39 is 6.04 Å². The van der Waals surface area contributed by atoms with Gasteiger partial charge in [-0.3, -0.25) is 9.59 Å². The Kier molecular flexibility index (Phi) is 6.11. The van der Waals surface area contributed by atoms with Crippen molar-refractivity contribution in [2.75, 3.05) is 5.32 Å². The molecule has 2 aromatic carbocycles. The standard InChI is InChI=1S/C21H21ClN4O2/c1-14-20(13-26(25-14)18-6-4-3-5-7-18)24-21(28)12-19(23-15(2)27)16-8-10-17(22)11-9-16/h3-11,13,19H,12H2,1-2H3,(H,23,27)(H,24,28). The lowest BCUT2D eigenvalue weighted by Gasteiger charge is -2.18. The average molecular weight is 397 g/mol. The van der Waals surface area contributed by atoms with Crippen LogP contribution in [0.5, 0.6) is 0 Å². The van der Waals surface area contributed by atoms with Gasteiger partial charge in [-0.1, -0.05) is 41.9 Å². The van der Waals surface area contributed by atoms with Crippen molar-refractivity contribution in [3.8, 4) is 5.69 Å². The number of anilines is 1. The summed E-state index contributed by atoms with van der Waals surface area (Å²) < 4.78 is 1.72. The van der Waals surface area contributed by atoms with Crippen LogP contribution in [0.3, 0.4) is 0 Å². The Hall–Kier alpha value is -3.12.